The molecular formula is C13H18INS. The molecule has 3 rings (SSSR count). The zero-order chi connectivity index (χ0) is 11.0. The number of hydrogen-bond donors (Lipinski definition) is 0. The molecule has 0 amide bonds. The van der Waals surface area contributed by atoms with Crippen molar-refractivity contribution in [1.29, 1.82) is 0 Å². The molecule has 88 valence electrons. The molecule has 2 aliphatic rings. The van der Waals surface area contributed by atoms with Crippen LogP contribution < -0.4 is 0 Å². The summed E-state index contributed by atoms with van der Waals surface area (Å²) in [6.45, 7) is 0. The van der Waals surface area contributed by atoms with Crippen LogP contribution >= 0.6 is 30.3 Å². The summed E-state index contributed by atoms with van der Waals surface area (Å²) in [5, 5.41) is 0. The van der Waals surface area contributed by atoms with Crippen molar-refractivity contribution < 1.29 is 0 Å². The van der Waals surface area contributed by atoms with Crippen LogP contribution in [0.1, 0.15) is 43.4 Å². The minimum atomic E-state index is 0.979. The summed E-state index contributed by atoms with van der Waals surface area (Å²) in [7, 11) is 1.82. The molecule has 0 N–H and O–H groups in total. The van der Waals surface area contributed by atoms with Crippen molar-refractivity contribution in [3.63, 3.8) is 0 Å². The van der Waals surface area contributed by atoms with Crippen LogP contribution in [0.15, 0.2) is 12.3 Å². The lowest BCUT2D eigenvalue weighted by atomic mass is 9.79. The second-order valence-electron chi connectivity index (χ2n) is 5.23. The van der Waals surface area contributed by atoms with Gasteiger partial charge < -0.3 is 0 Å². The van der Waals surface area contributed by atoms with Gasteiger partial charge >= 0.3 is 0 Å². The van der Waals surface area contributed by atoms with Crippen LogP contribution in [0.3, 0.4) is 0 Å². The molecule has 0 saturated heterocycles. The fourth-order valence-corrected chi connectivity index (χ4v) is 5.01. The molecule has 1 saturated carbocycles. The first-order chi connectivity index (χ1) is 7.88. The Morgan fingerprint density at radius 3 is 2.75 bits per heavy atom. The first-order valence-electron chi connectivity index (χ1n) is 6.36. The summed E-state index contributed by atoms with van der Waals surface area (Å²) in [5.74, 6) is 2.02. The molecule has 1 aromatic rings. The molecule has 1 fully saturated rings. The van der Waals surface area contributed by atoms with Crippen molar-refractivity contribution in [2.45, 2.75) is 44.9 Å². The Hall–Kier alpha value is 0.360. The molecule has 0 radical (unpaired) electrons. The topological polar surface area (TPSA) is 4.93 Å². The van der Waals surface area contributed by atoms with Gasteiger partial charge in [-0.3, -0.25) is 3.97 Å². The molecule has 3 heteroatoms. The minimum absolute atomic E-state index is 0.979. The molecule has 1 heterocycles. The van der Waals surface area contributed by atoms with Crippen molar-refractivity contribution >= 4 is 30.3 Å². The fraction of sp³-hybridized carbons (Fsp3) is 0.692. The number of hydrogen-bond acceptors (Lipinski definition) is 1. The Morgan fingerprint density at radius 2 is 2.00 bits per heavy atom. The maximum absolute atomic E-state index is 2.39. The van der Waals surface area contributed by atoms with Gasteiger partial charge in [0.2, 0.25) is 0 Å². The third kappa shape index (κ3) is 2.05. The Bertz CT molecular complexity index is 355. The van der Waals surface area contributed by atoms with E-state index in [0.717, 1.165) is 11.8 Å². The van der Waals surface area contributed by atoms with Gasteiger partial charge in [0.1, 0.15) is 0 Å². The number of halogens is 1. The zero-order valence-electron chi connectivity index (χ0n) is 9.49. The molecule has 0 aliphatic heterocycles. The van der Waals surface area contributed by atoms with Gasteiger partial charge in [0.25, 0.3) is 0 Å². The highest BCUT2D eigenvalue weighted by molar-refractivity contribution is 14.2. The summed E-state index contributed by atoms with van der Waals surface area (Å²) in [5.41, 5.74) is 3.22. The lowest BCUT2D eigenvalue weighted by molar-refractivity contribution is 0.302. The maximum Gasteiger partial charge on any atom is 0.0335 e. The van der Waals surface area contributed by atoms with Crippen LogP contribution in [0.2, 0.25) is 0 Å². The number of nitrogens with zero attached hydrogens (tertiary/aromatic N) is 1. The lowest BCUT2D eigenvalue weighted by Gasteiger charge is -2.28. The third-order valence-corrected chi connectivity index (χ3v) is 6.19. The molecule has 0 bridgehead atoms. The van der Waals surface area contributed by atoms with Crippen LogP contribution in [0, 0.1) is 11.8 Å². The van der Waals surface area contributed by atoms with E-state index >= 15 is 0 Å². The van der Waals surface area contributed by atoms with E-state index in [4.69, 9.17) is 0 Å². The summed E-state index contributed by atoms with van der Waals surface area (Å²) >= 11 is 2.39. The summed E-state index contributed by atoms with van der Waals surface area (Å²) < 4.78 is 2.37. The Morgan fingerprint density at radius 1 is 1.19 bits per heavy atom. The van der Waals surface area contributed by atoms with Gasteiger partial charge in [0.15, 0.2) is 0 Å². The van der Waals surface area contributed by atoms with Gasteiger partial charge in [0.05, 0.1) is 0 Å². The predicted molar refractivity (Wildman–Crippen MR) is 78.9 cm³/mol. The van der Waals surface area contributed by atoms with Gasteiger partial charge in [-0.25, -0.2) is 0 Å². The first kappa shape index (κ1) is 11.5. The van der Waals surface area contributed by atoms with Crippen molar-refractivity contribution in [2.24, 2.45) is 11.8 Å². The second-order valence-corrected chi connectivity index (χ2v) is 6.94. The number of rotatable bonds is 2. The van der Waals surface area contributed by atoms with Gasteiger partial charge in [-0.05, 0) is 42.7 Å². The highest BCUT2D eigenvalue weighted by atomic mass is 127. The fourth-order valence-electron chi connectivity index (χ4n) is 3.52. The van der Waals surface area contributed by atoms with Crippen LogP contribution in [0.5, 0.6) is 0 Å². The van der Waals surface area contributed by atoms with Crippen LogP contribution in [0.4, 0.5) is 0 Å². The second kappa shape index (κ2) is 4.92. The highest BCUT2D eigenvalue weighted by Crippen LogP contribution is 2.40. The van der Waals surface area contributed by atoms with Crippen LogP contribution in [0.25, 0.3) is 0 Å². The standard InChI is InChI=1S/C13H18INS/c14-16-15-8-7-11-5-6-12(9-13(11)15)10-3-1-2-4-10/h7-8,10,12H,1-6,9H2. The molecule has 1 atom stereocenters. The minimum Gasteiger partial charge on any atom is -0.287 e. The third-order valence-electron chi connectivity index (χ3n) is 4.43. The summed E-state index contributed by atoms with van der Waals surface area (Å²) in [6, 6.07) is 2.33. The predicted octanol–water partition coefficient (Wildman–Crippen LogP) is 4.63. The molecule has 0 spiro atoms. The number of aryl methyl sites for hydroxylation is 1. The van der Waals surface area contributed by atoms with E-state index in [9.17, 15) is 0 Å². The average Bonchev–Trinajstić information content (AvgIpc) is 2.97. The van der Waals surface area contributed by atoms with Crippen LogP contribution in [-0.2, 0) is 12.8 Å². The van der Waals surface area contributed by atoms with Crippen molar-refractivity contribution in [1.82, 2.24) is 3.97 Å². The van der Waals surface area contributed by atoms with Crippen molar-refractivity contribution in [2.75, 3.05) is 0 Å². The lowest BCUT2D eigenvalue weighted by Crippen LogP contribution is -2.21. The molecule has 1 aromatic heterocycles. The van der Waals surface area contributed by atoms with Gasteiger partial charge in [-0.15, -0.1) is 0 Å². The first-order valence-corrected chi connectivity index (χ1v) is 9.68. The molecule has 1 unspecified atom stereocenters. The van der Waals surface area contributed by atoms with E-state index in [1.54, 1.807) is 11.3 Å². The van der Waals surface area contributed by atoms with Gasteiger partial charge in [0, 0.05) is 42.2 Å². The summed E-state index contributed by atoms with van der Waals surface area (Å²) in [4.78, 5) is 0. The molecule has 0 aromatic carbocycles. The van der Waals surface area contributed by atoms with Crippen molar-refractivity contribution in [3.05, 3.63) is 23.5 Å². The Balaban J connectivity index is 1.78. The smallest absolute Gasteiger partial charge is 0.0335 e. The Labute approximate surface area is 114 Å². The quantitative estimate of drug-likeness (QED) is 0.706. The largest absolute Gasteiger partial charge is 0.287 e. The molecule has 2 aliphatic carbocycles. The van der Waals surface area contributed by atoms with E-state index in [1.807, 2.05) is 9.12 Å². The maximum atomic E-state index is 2.39. The van der Waals surface area contributed by atoms with E-state index < -0.39 is 0 Å². The zero-order valence-corrected chi connectivity index (χ0v) is 12.5. The monoisotopic (exact) mass is 347 g/mol. The SMILES string of the molecule is ISn1ccc2c1CC(C1CCCC1)CC2. The normalized spacial score (nSPS) is 25.9. The van der Waals surface area contributed by atoms with E-state index in [2.05, 4.69) is 37.4 Å². The Kier molecular flexibility index (Phi) is 3.52. The highest BCUT2D eigenvalue weighted by Gasteiger charge is 2.29. The molecule has 1 nitrogen and oxygen atoms in total. The molecular weight excluding hydrogens is 329 g/mol. The number of fused-ring (bicyclic) bond motifs is 1. The van der Waals surface area contributed by atoms with E-state index in [0.29, 0.717) is 0 Å². The van der Waals surface area contributed by atoms with Gasteiger partial charge in [-0.2, -0.15) is 0 Å². The van der Waals surface area contributed by atoms with Gasteiger partial charge in [-0.1, -0.05) is 25.7 Å². The molecule has 16 heavy (non-hydrogen) atoms. The van der Waals surface area contributed by atoms with E-state index in [-0.39, 0.29) is 0 Å². The number of aromatic nitrogens is 1. The average molecular weight is 347 g/mol. The van der Waals surface area contributed by atoms with Crippen molar-refractivity contribution in [3.8, 4) is 0 Å². The van der Waals surface area contributed by atoms with Crippen LogP contribution in [-0.4, -0.2) is 3.97 Å². The summed E-state index contributed by atoms with van der Waals surface area (Å²) in [6.07, 6.45) is 12.3. The van der Waals surface area contributed by atoms with E-state index in [1.165, 1.54) is 44.9 Å².